The number of hydrogen-bond donors (Lipinski definition) is 0. The van der Waals surface area contributed by atoms with Crippen LogP contribution in [0.2, 0.25) is 0 Å². The molecule has 1 amide bonds. The minimum atomic E-state index is 0.167. The fourth-order valence-corrected chi connectivity index (χ4v) is 4.06. The van der Waals surface area contributed by atoms with Crippen molar-refractivity contribution in [2.24, 2.45) is 0 Å². The van der Waals surface area contributed by atoms with Gasteiger partial charge in [-0.3, -0.25) is 9.78 Å². The molecule has 4 rings (SSSR count). The van der Waals surface area contributed by atoms with Crippen LogP contribution in [0.5, 0.6) is 0 Å². The molecule has 134 valence electrons. The number of rotatable bonds is 5. The maximum absolute atomic E-state index is 12.7. The van der Waals surface area contributed by atoms with Crippen molar-refractivity contribution in [3.63, 3.8) is 0 Å². The van der Waals surface area contributed by atoms with Crippen LogP contribution in [0.25, 0.3) is 0 Å². The largest absolute Gasteiger partial charge is 0.342 e. The fraction of sp³-hybridized carbons (Fsp3) is 0.368. The minimum Gasteiger partial charge on any atom is -0.342 e. The lowest BCUT2D eigenvalue weighted by atomic mass is 9.96. The summed E-state index contributed by atoms with van der Waals surface area (Å²) in [5.74, 6) is 1.49. The van der Waals surface area contributed by atoms with Crippen molar-refractivity contribution < 1.29 is 4.79 Å². The monoisotopic (exact) mass is 367 g/mol. The minimum absolute atomic E-state index is 0.167. The summed E-state index contributed by atoms with van der Waals surface area (Å²) in [5, 5.41) is 2.06. The van der Waals surface area contributed by atoms with Gasteiger partial charge in [0.15, 0.2) is 0 Å². The summed E-state index contributed by atoms with van der Waals surface area (Å²) in [6, 6.07) is 3.82. The van der Waals surface area contributed by atoms with E-state index < -0.39 is 0 Å². The number of carbonyl (C=O) groups is 1. The van der Waals surface area contributed by atoms with Gasteiger partial charge in [0.25, 0.3) is 0 Å². The van der Waals surface area contributed by atoms with E-state index in [2.05, 4.69) is 24.9 Å². The number of nitrogens with zero attached hydrogens (tertiary/aromatic N) is 5. The summed E-state index contributed by atoms with van der Waals surface area (Å²) in [6.45, 7) is 2.29. The molecule has 1 fully saturated rings. The van der Waals surface area contributed by atoms with Gasteiger partial charge in [-0.15, -0.1) is 11.3 Å². The summed E-state index contributed by atoms with van der Waals surface area (Å²) in [7, 11) is 0. The molecule has 0 aliphatic carbocycles. The highest BCUT2D eigenvalue weighted by Gasteiger charge is 2.27. The van der Waals surface area contributed by atoms with Crippen LogP contribution in [0.3, 0.4) is 0 Å². The summed E-state index contributed by atoms with van der Waals surface area (Å²) in [4.78, 5) is 27.7. The molecule has 0 radical (unpaired) electrons. The standard InChI is InChI=1S/C19H21N5OS/c25-18(9-15-3-1-5-20-10-15)23-7-2-4-16(11-23)19-21-6-8-24(19)12-17-13-26-14-22-17/h1,3,5-6,8,10,13-14,16H,2,4,7,9,11-12H2. The first-order chi connectivity index (χ1) is 12.8. The predicted molar refractivity (Wildman–Crippen MR) is 99.9 cm³/mol. The molecule has 1 saturated heterocycles. The van der Waals surface area contributed by atoms with E-state index in [1.807, 2.05) is 34.9 Å². The maximum atomic E-state index is 12.7. The van der Waals surface area contributed by atoms with Gasteiger partial charge >= 0.3 is 0 Å². The third kappa shape index (κ3) is 3.83. The molecular formula is C19H21N5OS. The van der Waals surface area contributed by atoms with Crippen LogP contribution < -0.4 is 0 Å². The Morgan fingerprint density at radius 3 is 3.08 bits per heavy atom. The average Bonchev–Trinajstić information content (AvgIpc) is 3.35. The van der Waals surface area contributed by atoms with Crippen LogP contribution >= 0.6 is 11.3 Å². The molecular weight excluding hydrogens is 346 g/mol. The number of thiazole rings is 1. The summed E-state index contributed by atoms with van der Waals surface area (Å²) < 4.78 is 2.16. The Hall–Kier alpha value is -2.54. The van der Waals surface area contributed by atoms with Gasteiger partial charge in [0.2, 0.25) is 5.91 Å². The van der Waals surface area contributed by atoms with Crippen molar-refractivity contribution in [2.75, 3.05) is 13.1 Å². The number of piperidine rings is 1. The first-order valence-electron chi connectivity index (χ1n) is 8.84. The first kappa shape index (κ1) is 16.9. The molecule has 1 atom stereocenters. The molecule has 3 aromatic heterocycles. The van der Waals surface area contributed by atoms with E-state index in [4.69, 9.17) is 0 Å². The second-order valence-corrected chi connectivity index (χ2v) is 7.33. The van der Waals surface area contributed by atoms with Crippen molar-refractivity contribution >= 4 is 17.2 Å². The van der Waals surface area contributed by atoms with Gasteiger partial charge < -0.3 is 9.47 Å². The Morgan fingerprint density at radius 2 is 2.27 bits per heavy atom. The molecule has 4 heterocycles. The smallest absolute Gasteiger partial charge is 0.227 e. The summed E-state index contributed by atoms with van der Waals surface area (Å²) >= 11 is 1.61. The Kier molecular flexibility index (Phi) is 5.06. The number of aromatic nitrogens is 4. The van der Waals surface area contributed by atoms with Gasteiger partial charge in [0.1, 0.15) is 5.82 Å². The number of amides is 1. The Bertz CT molecular complexity index is 846. The first-order valence-corrected chi connectivity index (χ1v) is 9.78. The van der Waals surface area contributed by atoms with Gasteiger partial charge in [-0.05, 0) is 24.5 Å². The number of carbonyl (C=O) groups excluding carboxylic acids is 1. The molecule has 6 nitrogen and oxygen atoms in total. The third-order valence-corrected chi connectivity index (χ3v) is 5.42. The molecule has 7 heteroatoms. The van der Waals surface area contributed by atoms with Crippen LogP contribution in [0.4, 0.5) is 0 Å². The molecule has 0 spiro atoms. The van der Waals surface area contributed by atoms with E-state index in [1.165, 1.54) is 0 Å². The van der Waals surface area contributed by atoms with E-state index in [9.17, 15) is 4.79 Å². The SMILES string of the molecule is O=C(Cc1cccnc1)N1CCCC(c2nccn2Cc2cscn2)C1. The van der Waals surface area contributed by atoms with Crippen LogP contribution in [0.15, 0.2) is 47.8 Å². The lowest BCUT2D eigenvalue weighted by Gasteiger charge is -2.32. The van der Waals surface area contributed by atoms with Gasteiger partial charge in [0.05, 0.1) is 24.2 Å². The van der Waals surface area contributed by atoms with E-state index >= 15 is 0 Å². The number of imidazole rings is 1. The highest BCUT2D eigenvalue weighted by atomic mass is 32.1. The predicted octanol–water partition coefficient (Wildman–Crippen LogP) is 2.73. The molecule has 0 aromatic carbocycles. The zero-order valence-corrected chi connectivity index (χ0v) is 15.3. The zero-order chi connectivity index (χ0) is 17.8. The topological polar surface area (TPSA) is 63.9 Å². The molecule has 26 heavy (non-hydrogen) atoms. The summed E-state index contributed by atoms with van der Waals surface area (Å²) in [6.07, 6.45) is 9.82. The van der Waals surface area contributed by atoms with E-state index in [0.717, 1.165) is 49.6 Å². The number of likely N-dealkylation sites (tertiary alicyclic amines) is 1. The molecule has 0 saturated carbocycles. The Labute approximate surface area is 156 Å². The molecule has 3 aromatic rings. The van der Waals surface area contributed by atoms with Crippen molar-refractivity contribution in [1.82, 2.24) is 24.4 Å². The van der Waals surface area contributed by atoms with Crippen molar-refractivity contribution in [3.8, 4) is 0 Å². The van der Waals surface area contributed by atoms with Crippen molar-refractivity contribution in [1.29, 1.82) is 0 Å². The van der Waals surface area contributed by atoms with Crippen molar-refractivity contribution in [3.05, 3.63) is 64.9 Å². The zero-order valence-electron chi connectivity index (χ0n) is 14.5. The van der Waals surface area contributed by atoms with Gasteiger partial charge in [-0.1, -0.05) is 6.07 Å². The number of hydrogen-bond acceptors (Lipinski definition) is 5. The van der Waals surface area contributed by atoms with Gasteiger partial charge in [0, 0.05) is 49.2 Å². The molecule has 0 bridgehead atoms. The van der Waals surface area contributed by atoms with E-state index in [0.29, 0.717) is 6.42 Å². The lowest BCUT2D eigenvalue weighted by molar-refractivity contribution is -0.131. The maximum Gasteiger partial charge on any atom is 0.227 e. The van der Waals surface area contributed by atoms with Gasteiger partial charge in [-0.2, -0.15) is 0 Å². The molecule has 0 N–H and O–H groups in total. The number of pyridine rings is 1. The molecule has 1 unspecified atom stereocenters. The average molecular weight is 367 g/mol. The third-order valence-electron chi connectivity index (χ3n) is 4.78. The summed E-state index contributed by atoms with van der Waals surface area (Å²) in [5.41, 5.74) is 3.87. The van der Waals surface area contributed by atoms with Gasteiger partial charge in [-0.25, -0.2) is 9.97 Å². The van der Waals surface area contributed by atoms with E-state index in [1.54, 1.807) is 23.7 Å². The van der Waals surface area contributed by atoms with Crippen LogP contribution in [0, 0.1) is 0 Å². The quantitative estimate of drug-likeness (QED) is 0.696. The van der Waals surface area contributed by atoms with Crippen LogP contribution in [0.1, 0.15) is 35.8 Å². The highest BCUT2D eigenvalue weighted by molar-refractivity contribution is 7.07. The van der Waals surface area contributed by atoms with E-state index in [-0.39, 0.29) is 11.8 Å². The second-order valence-electron chi connectivity index (χ2n) is 6.61. The Morgan fingerprint density at radius 1 is 1.31 bits per heavy atom. The van der Waals surface area contributed by atoms with Crippen LogP contribution in [-0.4, -0.2) is 43.4 Å². The lowest BCUT2D eigenvalue weighted by Crippen LogP contribution is -2.40. The van der Waals surface area contributed by atoms with Crippen LogP contribution in [-0.2, 0) is 17.8 Å². The normalized spacial score (nSPS) is 17.4. The fourth-order valence-electron chi connectivity index (χ4n) is 3.51. The second kappa shape index (κ2) is 7.78. The molecule has 1 aliphatic rings. The highest BCUT2D eigenvalue weighted by Crippen LogP contribution is 2.26. The Balaban J connectivity index is 1.44. The molecule has 1 aliphatic heterocycles. The van der Waals surface area contributed by atoms with Crippen molar-refractivity contribution in [2.45, 2.75) is 31.7 Å².